The lowest BCUT2D eigenvalue weighted by Gasteiger charge is -2.08. The molecule has 1 heterocycles. The van der Waals surface area contributed by atoms with Crippen molar-refractivity contribution in [2.45, 2.75) is 31.9 Å². The van der Waals surface area contributed by atoms with E-state index in [1.165, 1.54) is 6.20 Å². The minimum Gasteiger partial charge on any atom is -0.377 e. The van der Waals surface area contributed by atoms with Crippen LogP contribution in [0.15, 0.2) is 11.2 Å². The van der Waals surface area contributed by atoms with Crippen molar-refractivity contribution in [3.05, 3.63) is 12.0 Å². The van der Waals surface area contributed by atoms with Crippen LogP contribution in [-0.2, 0) is 14.8 Å². The van der Waals surface area contributed by atoms with Crippen molar-refractivity contribution in [3.63, 3.8) is 0 Å². The first kappa shape index (κ1) is 13.1. The molecular formula is C9H17N3O3S. The van der Waals surface area contributed by atoms with Gasteiger partial charge in [0, 0.05) is 6.54 Å². The molecule has 0 atom stereocenters. The summed E-state index contributed by atoms with van der Waals surface area (Å²) in [5.41, 5.74) is 0. The Morgan fingerprint density at radius 1 is 1.56 bits per heavy atom. The van der Waals surface area contributed by atoms with Gasteiger partial charge >= 0.3 is 0 Å². The van der Waals surface area contributed by atoms with Gasteiger partial charge in [-0.2, -0.15) is 0 Å². The molecule has 0 radical (unpaired) electrons. The van der Waals surface area contributed by atoms with Crippen LogP contribution in [0.5, 0.6) is 0 Å². The first-order chi connectivity index (χ1) is 7.42. The molecule has 0 aliphatic heterocycles. The van der Waals surface area contributed by atoms with E-state index < -0.39 is 10.0 Å². The average molecular weight is 247 g/mol. The summed E-state index contributed by atoms with van der Waals surface area (Å²) in [5.74, 6) is 0.568. The first-order valence-corrected chi connectivity index (χ1v) is 6.53. The van der Waals surface area contributed by atoms with Crippen LogP contribution in [-0.4, -0.2) is 37.6 Å². The number of ether oxygens (including phenoxy) is 1. The second kappa shape index (κ2) is 5.42. The number of aromatic nitrogens is 2. The van der Waals surface area contributed by atoms with Crippen LogP contribution in [0.2, 0.25) is 0 Å². The van der Waals surface area contributed by atoms with Crippen LogP contribution in [0.3, 0.4) is 0 Å². The number of sulfonamides is 1. The molecule has 92 valence electrons. The minimum absolute atomic E-state index is 0.0783. The molecule has 0 aromatic carbocycles. The van der Waals surface area contributed by atoms with Gasteiger partial charge in [-0.15, -0.1) is 0 Å². The number of imidazole rings is 1. The molecule has 1 aromatic heterocycles. The van der Waals surface area contributed by atoms with E-state index in [1.54, 1.807) is 6.92 Å². The first-order valence-electron chi connectivity index (χ1n) is 5.04. The molecule has 0 amide bonds. The summed E-state index contributed by atoms with van der Waals surface area (Å²) >= 11 is 0. The summed E-state index contributed by atoms with van der Waals surface area (Å²) in [5, 5.41) is 0.0783. The van der Waals surface area contributed by atoms with E-state index in [9.17, 15) is 8.42 Å². The number of aryl methyl sites for hydroxylation is 1. The van der Waals surface area contributed by atoms with Gasteiger partial charge in [-0.05, 0) is 20.8 Å². The number of hydrogen-bond acceptors (Lipinski definition) is 4. The quantitative estimate of drug-likeness (QED) is 0.714. The van der Waals surface area contributed by atoms with Crippen LogP contribution in [0.1, 0.15) is 19.7 Å². The standard InChI is InChI=1S/C9H17N3O3S/c1-7(2)15-5-4-11-16(13,14)9-6-10-8(3)12-9/h6-7,11H,4-5H2,1-3H3,(H,10,12). The second-order valence-electron chi connectivity index (χ2n) is 3.65. The zero-order valence-electron chi connectivity index (χ0n) is 9.65. The van der Waals surface area contributed by atoms with Crippen molar-refractivity contribution in [1.82, 2.24) is 14.7 Å². The Morgan fingerprint density at radius 3 is 2.75 bits per heavy atom. The van der Waals surface area contributed by atoms with Gasteiger partial charge in [0.1, 0.15) is 5.82 Å². The van der Waals surface area contributed by atoms with Gasteiger partial charge in [-0.3, -0.25) is 0 Å². The van der Waals surface area contributed by atoms with E-state index in [2.05, 4.69) is 14.7 Å². The Morgan fingerprint density at radius 2 is 2.25 bits per heavy atom. The number of nitrogens with zero attached hydrogens (tertiary/aromatic N) is 1. The molecule has 0 spiro atoms. The Labute approximate surface area is 95.5 Å². The van der Waals surface area contributed by atoms with Gasteiger partial charge in [0.05, 0.1) is 18.9 Å². The normalized spacial score (nSPS) is 12.2. The van der Waals surface area contributed by atoms with Gasteiger partial charge in [0.2, 0.25) is 0 Å². The zero-order chi connectivity index (χ0) is 12.2. The topological polar surface area (TPSA) is 84.1 Å². The summed E-state index contributed by atoms with van der Waals surface area (Å²) in [4.78, 5) is 6.50. The highest BCUT2D eigenvalue weighted by molar-refractivity contribution is 7.89. The van der Waals surface area contributed by atoms with Crippen LogP contribution in [0.4, 0.5) is 0 Å². The van der Waals surface area contributed by atoms with Gasteiger partial charge in [0.15, 0.2) is 5.03 Å². The number of H-pyrrole nitrogens is 1. The summed E-state index contributed by atoms with van der Waals surface area (Å²) < 4.78 is 31.0. The van der Waals surface area contributed by atoms with E-state index in [1.807, 2.05) is 13.8 Å². The average Bonchev–Trinajstić information content (AvgIpc) is 2.60. The maximum atomic E-state index is 11.7. The maximum Gasteiger partial charge on any atom is 0.257 e. The molecule has 0 saturated carbocycles. The van der Waals surface area contributed by atoms with E-state index in [4.69, 9.17) is 4.74 Å². The molecule has 0 aliphatic rings. The van der Waals surface area contributed by atoms with E-state index in [0.29, 0.717) is 12.4 Å². The molecule has 0 fully saturated rings. The Balaban J connectivity index is 2.47. The van der Waals surface area contributed by atoms with Gasteiger partial charge < -0.3 is 9.72 Å². The predicted molar refractivity (Wildman–Crippen MR) is 59.6 cm³/mol. The number of hydrogen-bond donors (Lipinski definition) is 2. The fourth-order valence-corrected chi connectivity index (χ4v) is 2.06. The predicted octanol–water partition coefficient (Wildman–Crippen LogP) is 0.421. The Hall–Kier alpha value is -0.920. The van der Waals surface area contributed by atoms with Gasteiger partial charge in [-0.1, -0.05) is 0 Å². The molecule has 0 unspecified atom stereocenters. The van der Waals surface area contributed by atoms with Crippen molar-refractivity contribution in [2.75, 3.05) is 13.2 Å². The summed E-state index contributed by atoms with van der Waals surface area (Å²) in [6.07, 6.45) is 1.39. The van der Waals surface area contributed by atoms with Crippen LogP contribution in [0.25, 0.3) is 0 Å². The Bertz CT molecular complexity index is 425. The largest absolute Gasteiger partial charge is 0.377 e. The smallest absolute Gasteiger partial charge is 0.257 e. The molecule has 1 rings (SSSR count). The fraction of sp³-hybridized carbons (Fsp3) is 0.667. The van der Waals surface area contributed by atoms with Gasteiger partial charge in [0.25, 0.3) is 10.0 Å². The summed E-state index contributed by atoms with van der Waals surface area (Å²) in [6, 6.07) is 0. The van der Waals surface area contributed by atoms with Gasteiger partial charge in [-0.25, -0.2) is 18.1 Å². The van der Waals surface area contributed by atoms with Crippen molar-refractivity contribution >= 4 is 10.0 Å². The van der Waals surface area contributed by atoms with Crippen LogP contribution < -0.4 is 4.72 Å². The van der Waals surface area contributed by atoms with E-state index in [0.717, 1.165) is 0 Å². The summed E-state index contributed by atoms with van der Waals surface area (Å²) in [7, 11) is -3.49. The monoisotopic (exact) mass is 247 g/mol. The Kier molecular flexibility index (Phi) is 4.45. The number of nitrogens with one attached hydrogen (secondary N) is 2. The molecule has 1 aromatic rings. The lowest BCUT2D eigenvalue weighted by molar-refractivity contribution is 0.0834. The lowest BCUT2D eigenvalue weighted by atomic mass is 10.5. The zero-order valence-corrected chi connectivity index (χ0v) is 10.5. The number of rotatable bonds is 6. The minimum atomic E-state index is -3.49. The van der Waals surface area contributed by atoms with Crippen molar-refractivity contribution in [1.29, 1.82) is 0 Å². The maximum absolute atomic E-state index is 11.7. The van der Waals surface area contributed by atoms with Crippen LogP contribution in [0, 0.1) is 6.92 Å². The molecule has 0 bridgehead atoms. The SMILES string of the molecule is Cc1ncc(S(=O)(=O)NCCOC(C)C)[nH]1. The highest BCUT2D eigenvalue weighted by Gasteiger charge is 2.15. The molecule has 7 heteroatoms. The van der Waals surface area contributed by atoms with E-state index >= 15 is 0 Å². The third kappa shape index (κ3) is 3.92. The molecule has 2 N–H and O–H groups in total. The van der Waals surface area contributed by atoms with Crippen molar-refractivity contribution in [2.24, 2.45) is 0 Å². The molecule has 16 heavy (non-hydrogen) atoms. The van der Waals surface area contributed by atoms with Crippen molar-refractivity contribution < 1.29 is 13.2 Å². The second-order valence-corrected chi connectivity index (χ2v) is 5.39. The number of aromatic amines is 1. The molecule has 0 saturated heterocycles. The highest BCUT2D eigenvalue weighted by Crippen LogP contribution is 2.03. The highest BCUT2D eigenvalue weighted by atomic mass is 32.2. The van der Waals surface area contributed by atoms with Crippen molar-refractivity contribution in [3.8, 4) is 0 Å². The van der Waals surface area contributed by atoms with Crippen LogP contribution >= 0.6 is 0 Å². The molecule has 6 nitrogen and oxygen atoms in total. The lowest BCUT2D eigenvalue weighted by Crippen LogP contribution is -2.28. The summed E-state index contributed by atoms with van der Waals surface area (Å²) in [6.45, 7) is 6.09. The third-order valence-electron chi connectivity index (χ3n) is 1.81. The third-order valence-corrected chi connectivity index (χ3v) is 3.19. The van der Waals surface area contributed by atoms with E-state index in [-0.39, 0.29) is 17.7 Å². The molecule has 0 aliphatic carbocycles. The fourth-order valence-electron chi connectivity index (χ4n) is 1.08. The molecular weight excluding hydrogens is 230 g/mol.